The number of aromatic nitrogens is 4. The summed E-state index contributed by atoms with van der Waals surface area (Å²) in [7, 11) is 0. The first-order valence-corrected chi connectivity index (χ1v) is 8.13. The lowest BCUT2D eigenvalue weighted by atomic mass is 10.2. The molecular weight excluding hydrogens is 379 g/mol. The van der Waals surface area contributed by atoms with Gasteiger partial charge in [-0.3, -0.25) is 15.5 Å². The van der Waals surface area contributed by atoms with Crippen LogP contribution in [0.15, 0.2) is 42.7 Å². The second-order valence-corrected chi connectivity index (χ2v) is 6.01. The molecule has 26 heavy (non-hydrogen) atoms. The third kappa shape index (κ3) is 4.98. The van der Waals surface area contributed by atoms with E-state index in [1.54, 1.807) is 10.9 Å². The van der Waals surface area contributed by atoms with Crippen molar-refractivity contribution < 1.29 is 4.79 Å². The highest BCUT2D eigenvalue weighted by Crippen LogP contribution is 2.13. The van der Waals surface area contributed by atoms with Crippen LogP contribution in [-0.2, 0) is 6.54 Å². The number of carbonyl (C=O) groups excluding carboxylic acids is 1. The maximum atomic E-state index is 11.9. The second-order valence-electron chi connectivity index (χ2n) is 5.19. The fraction of sp³-hybridized carbons (Fsp3) is 0.0667. The van der Waals surface area contributed by atoms with E-state index >= 15 is 0 Å². The molecule has 2 amide bonds. The predicted octanol–water partition coefficient (Wildman–Crippen LogP) is 2.76. The molecule has 134 valence electrons. The summed E-state index contributed by atoms with van der Waals surface area (Å²) < 4.78 is 1.69. The Kier molecular flexibility index (Phi) is 5.40. The zero-order valence-corrected chi connectivity index (χ0v) is 14.8. The molecule has 0 unspecified atom stereocenters. The van der Waals surface area contributed by atoms with E-state index in [9.17, 15) is 4.79 Å². The number of benzene rings is 1. The Morgan fingerprint density at radius 3 is 2.69 bits per heavy atom. The third-order valence-corrected chi connectivity index (χ3v) is 3.61. The van der Waals surface area contributed by atoms with Crippen molar-refractivity contribution in [2.24, 2.45) is 0 Å². The van der Waals surface area contributed by atoms with Crippen LogP contribution < -0.4 is 21.9 Å². The zero-order chi connectivity index (χ0) is 18.5. The first-order chi connectivity index (χ1) is 12.5. The minimum atomic E-state index is -0.510. The Labute approximate surface area is 158 Å². The summed E-state index contributed by atoms with van der Waals surface area (Å²) in [5.74, 6) is 0.252. The molecule has 2 aromatic heterocycles. The predicted molar refractivity (Wildman–Crippen MR) is 100 cm³/mol. The van der Waals surface area contributed by atoms with Gasteiger partial charge >= 0.3 is 6.03 Å². The molecule has 0 aliphatic carbocycles. The van der Waals surface area contributed by atoms with Gasteiger partial charge in [-0.1, -0.05) is 35.3 Å². The van der Waals surface area contributed by atoms with Gasteiger partial charge in [-0.15, -0.1) is 0 Å². The van der Waals surface area contributed by atoms with Gasteiger partial charge in [0.25, 0.3) is 0 Å². The monoisotopic (exact) mass is 392 g/mol. The van der Waals surface area contributed by atoms with E-state index in [0.717, 1.165) is 5.56 Å². The van der Waals surface area contributed by atoms with Crippen LogP contribution in [0.2, 0.25) is 10.2 Å². The lowest BCUT2D eigenvalue weighted by molar-refractivity contribution is 0.254. The topological polar surface area (TPSA) is 123 Å². The lowest BCUT2D eigenvalue weighted by Crippen LogP contribution is -2.33. The van der Waals surface area contributed by atoms with E-state index in [-0.39, 0.29) is 16.9 Å². The molecule has 0 bridgehead atoms. The quantitative estimate of drug-likeness (QED) is 0.391. The normalized spacial score (nSPS) is 10.4. The minimum absolute atomic E-state index is 0.00863. The van der Waals surface area contributed by atoms with Crippen molar-refractivity contribution in [1.29, 1.82) is 0 Å². The zero-order valence-electron chi connectivity index (χ0n) is 13.3. The maximum Gasteiger partial charge on any atom is 0.337 e. The molecule has 3 rings (SSSR count). The Morgan fingerprint density at radius 2 is 1.96 bits per heavy atom. The third-order valence-electron chi connectivity index (χ3n) is 3.17. The largest absolute Gasteiger partial charge is 0.368 e. The molecule has 5 N–H and O–H groups in total. The Bertz CT molecular complexity index is 892. The van der Waals surface area contributed by atoms with Crippen molar-refractivity contribution in [3.05, 3.63) is 58.5 Å². The van der Waals surface area contributed by atoms with Gasteiger partial charge < -0.3 is 11.1 Å². The SMILES string of the molecule is Nc1nc(Cl)cc(NNC(=O)Nc2cnn(Cc3ccc(Cl)cc3)c2)n1. The summed E-state index contributed by atoms with van der Waals surface area (Å²) in [5, 5.41) is 7.66. The van der Waals surface area contributed by atoms with E-state index in [2.05, 4.69) is 31.2 Å². The number of rotatable bonds is 5. The second kappa shape index (κ2) is 7.89. The van der Waals surface area contributed by atoms with Crippen LogP contribution in [0.25, 0.3) is 0 Å². The summed E-state index contributed by atoms with van der Waals surface area (Å²) >= 11 is 11.6. The van der Waals surface area contributed by atoms with Crippen LogP contribution in [0.5, 0.6) is 0 Å². The van der Waals surface area contributed by atoms with E-state index in [0.29, 0.717) is 17.3 Å². The van der Waals surface area contributed by atoms with Crippen LogP contribution in [0.3, 0.4) is 0 Å². The lowest BCUT2D eigenvalue weighted by Gasteiger charge is -2.08. The first kappa shape index (κ1) is 17.8. The molecule has 0 spiro atoms. The number of carbonyl (C=O) groups is 1. The average molecular weight is 393 g/mol. The number of hydrogen-bond donors (Lipinski definition) is 4. The number of nitrogens with one attached hydrogen (secondary N) is 3. The van der Waals surface area contributed by atoms with Gasteiger partial charge in [0.05, 0.1) is 18.4 Å². The van der Waals surface area contributed by atoms with Gasteiger partial charge in [0.2, 0.25) is 5.95 Å². The number of halogens is 2. The summed E-state index contributed by atoms with van der Waals surface area (Å²) in [5.41, 5.74) is 12.0. The van der Waals surface area contributed by atoms with E-state index < -0.39 is 6.03 Å². The standard InChI is InChI=1S/C15H14Cl2N8O/c16-10-3-1-9(2-4-10)7-25-8-11(6-19-25)20-15(26)24-23-13-5-12(17)21-14(18)22-13/h1-6,8H,7H2,(H2,20,24,26)(H3,18,21,22,23). The van der Waals surface area contributed by atoms with Crippen LogP contribution in [0, 0.1) is 0 Å². The van der Waals surface area contributed by atoms with Crippen molar-refractivity contribution in [1.82, 2.24) is 25.2 Å². The van der Waals surface area contributed by atoms with Gasteiger partial charge in [0.1, 0.15) is 5.15 Å². The van der Waals surface area contributed by atoms with Gasteiger partial charge in [-0.2, -0.15) is 10.1 Å². The summed E-state index contributed by atoms with van der Waals surface area (Å²) in [4.78, 5) is 19.5. The molecule has 0 fully saturated rings. The number of anilines is 3. The molecule has 2 heterocycles. The Balaban J connectivity index is 1.53. The Hall–Kier alpha value is -3.04. The molecular formula is C15H14Cl2N8O. The van der Waals surface area contributed by atoms with Crippen molar-refractivity contribution >= 4 is 46.7 Å². The van der Waals surface area contributed by atoms with Crippen LogP contribution in [0.1, 0.15) is 5.56 Å². The number of amides is 2. The highest BCUT2D eigenvalue weighted by molar-refractivity contribution is 6.30. The number of urea groups is 1. The molecule has 0 aliphatic heterocycles. The van der Waals surface area contributed by atoms with E-state index in [4.69, 9.17) is 28.9 Å². The number of nitrogen functional groups attached to an aromatic ring is 1. The molecule has 3 aromatic rings. The van der Waals surface area contributed by atoms with Gasteiger partial charge in [0.15, 0.2) is 5.82 Å². The molecule has 1 aromatic carbocycles. The molecule has 0 aliphatic rings. The van der Waals surface area contributed by atoms with Crippen LogP contribution >= 0.6 is 23.2 Å². The van der Waals surface area contributed by atoms with E-state index in [1.807, 2.05) is 24.3 Å². The fourth-order valence-electron chi connectivity index (χ4n) is 2.07. The number of hydrazine groups is 1. The smallest absolute Gasteiger partial charge is 0.337 e. The molecule has 9 nitrogen and oxygen atoms in total. The Morgan fingerprint density at radius 1 is 1.19 bits per heavy atom. The van der Waals surface area contributed by atoms with Crippen LogP contribution in [-0.4, -0.2) is 25.8 Å². The minimum Gasteiger partial charge on any atom is -0.368 e. The van der Waals surface area contributed by atoms with E-state index in [1.165, 1.54) is 12.3 Å². The molecule has 11 heteroatoms. The average Bonchev–Trinajstić information content (AvgIpc) is 3.01. The summed E-state index contributed by atoms with van der Waals surface area (Å²) in [6.45, 7) is 0.553. The van der Waals surface area contributed by atoms with Crippen molar-refractivity contribution in [3.63, 3.8) is 0 Å². The summed E-state index contributed by atoms with van der Waals surface area (Å²) in [6.07, 6.45) is 3.24. The highest BCUT2D eigenvalue weighted by atomic mass is 35.5. The maximum absolute atomic E-state index is 11.9. The molecule has 0 radical (unpaired) electrons. The van der Waals surface area contributed by atoms with Crippen LogP contribution in [0.4, 0.5) is 22.2 Å². The number of hydrogen-bond acceptors (Lipinski definition) is 6. The highest BCUT2D eigenvalue weighted by Gasteiger charge is 2.06. The van der Waals surface area contributed by atoms with Gasteiger partial charge in [-0.25, -0.2) is 9.78 Å². The van der Waals surface area contributed by atoms with Crippen molar-refractivity contribution in [2.45, 2.75) is 6.54 Å². The number of nitrogens with two attached hydrogens (primary N) is 1. The van der Waals surface area contributed by atoms with Gasteiger partial charge in [0, 0.05) is 17.3 Å². The number of nitrogens with zero attached hydrogens (tertiary/aromatic N) is 4. The summed E-state index contributed by atoms with van der Waals surface area (Å²) in [6, 6.07) is 8.35. The van der Waals surface area contributed by atoms with Crippen molar-refractivity contribution in [2.75, 3.05) is 16.5 Å². The molecule has 0 saturated heterocycles. The molecule has 0 atom stereocenters. The van der Waals surface area contributed by atoms with Gasteiger partial charge in [-0.05, 0) is 17.7 Å². The fourth-order valence-corrected chi connectivity index (χ4v) is 2.39. The first-order valence-electron chi connectivity index (χ1n) is 7.38. The van der Waals surface area contributed by atoms with Crippen molar-refractivity contribution in [3.8, 4) is 0 Å². The molecule has 0 saturated carbocycles.